The number of aliphatic imine (C=N–C) groups is 1. The van der Waals surface area contributed by atoms with Gasteiger partial charge in [-0.2, -0.15) is 0 Å². The van der Waals surface area contributed by atoms with E-state index >= 15 is 0 Å². The van der Waals surface area contributed by atoms with Crippen molar-refractivity contribution in [1.29, 1.82) is 0 Å². The summed E-state index contributed by atoms with van der Waals surface area (Å²) in [7, 11) is 1.81. The number of piperazine rings is 1. The molecule has 0 atom stereocenters. The molecule has 2 heterocycles. The average Bonchev–Trinajstić information content (AvgIpc) is 3.13. The molecule has 1 saturated heterocycles. The van der Waals surface area contributed by atoms with Crippen LogP contribution in [-0.4, -0.2) is 60.2 Å². The molecule has 0 amide bonds. The fourth-order valence-electron chi connectivity index (χ4n) is 2.88. The number of nitrogens with one attached hydrogen (secondary N) is 1. The van der Waals surface area contributed by atoms with E-state index in [9.17, 15) is 4.39 Å². The average molecular weight is 330 g/mol. The van der Waals surface area contributed by atoms with E-state index in [-0.39, 0.29) is 5.82 Å². The summed E-state index contributed by atoms with van der Waals surface area (Å²) in [5.41, 5.74) is 1.07. The van der Waals surface area contributed by atoms with Crippen LogP contribution < -0.4 is 10.2 Å². The van der Waals surface area contributed by atoms with Gasteiger partial charge in [0.25, 0.3) is 0 Å². The number of nitrogens with zero attached hydrogens (tertiary/aromatic N) is 5. The largest absolute Gasteiger partial charge is 0.368 e. The lowest BCUT2D eigenvalue weighted by atomic mass is 10.2. The lowest BCUT2D eigenvalue weighted by molar-refractivity contribution is 0.372. The third-order valence-electron chi connectivity index (χ3n) is 4.20. The van der Waals surface area contributed by atoms with Crippen LogP contribution in [0.4, 0.5) is 10.1 Å². The molecule has 0 aliphatic carbocycles. The van der Waals surface area contributed by atoms with E-state index < -0.39 is 0 Å². The van der Waals surface area contributed by atoms with Gasteiger partial charge in [-0.1, -0.05) is 0 Å². The van der Waals surface area contributed by atoms with E-state index in [1.54, 1.807) is 6.20 Å². The van der Waals surface area contributed by atoms with Crippen LogP contribution >= 0.6 is 0 Å². The number of hydrogen-bond donors (Lipinski definition) is 1. The molecule has 0 spiro atoms. The first-order chi connectivity index (χ1) is 11.8. The van der Waals surface area contributed by atoms with Crippen molar-refractivity contribution in [2.24, 2.45) is 4.99 Å². The topological polar surface area (TPSA) is 48.7 Å². The van der Waals surface area contributed by atoms with Gasteiger partial charge in [0.1, 0.15) is 5.82 Å². The third-order valence-corrected chi connectivity index (χ3v) is 4.20. The summed E-state index contributed by atoms with van der Waals surface area (Å²) in [5, 5.41) is 3.40. The molecule has 6 nitrogen and oxygen atoms in total. The molecular formula is C17H23FN6. The maximum Gasteiger partial charge on any atom is 0.193 e. The van der Waals surface area contributed by atoms with E-state index in [1.807, 2.05) is 36.3 Å². The number of hydrogen-bond acceptors (Lipinski definition) is 3. The van der Waals surface area contributed by atoms with Crippen LogP contribution in [-0.2, 0) is 6.54 Å². The van der Waals surface area contributed by atoms with Crippen molar-refractivity contribution in [3.05, 3.63) is 48.8 Å². The SMILES string of the molecule is CN=C(NCCn1ccnc1)N1CCN(c2ccc(F)cc2)CC1. The summed E-state index contributed by atoms with van der Waals surface area (Å²) in [6.45, 7) is 5.24. The highest BCUT2D eigenvalue weighted by molar-refractivity contribution is 5.80. The minimum atomic E-state index is -0.195. The normalized spacial score (nSPS) is 15.7. The molecule has 7 heteroatoms. The van der Waals surface area contributed by atoms with Crippen LogP contribution in [0.2, 0.25) is 0 Å². The molecule has 3 rings (SSSR count). The van der Waals surface area contributed by atoms with Crippen LogP contribution in [0.15, 0.2) is 48.0 Å². The zero-order valence-corrected chi connectivity index (χ0v) is 13.9. The second-order valence-corrected chi connectivity index (χ2v) is 5.73. The Bertz CT molecular complexity index is 644. The van der Waals surface area contributed by atoms with E-state index in [4.69, 9.17) is 0 Å². The Morgan fingerprint density at radius 1 is 1.21 bits per heavy atom. The van der Waals surface area contributed by atoms with E-state index in [1.165, 1.54) is 12.1 Å². The Labute approximate surface area is 141 Å². The second-order valence-electron chi connectivity index (χ2n) is 5.73. The molecule has 2 aromatic rings. The molecule has 24 heavy (non-hydrogen) atoms. The number of imidazole rings is 1. The summed E-state index contributed by atoms with van der Waals surface area (Å²) >= 11 is 0. The second kappa shape index (κ2) is 7.81. The van der Waals surface area contributed by atoms with Crippen molar-refractivity contribution in [1.82, 2.24) is 19.8 Å². The van der Waals surface area contributed by atoms with Crippen molar-refractivity contribution >= 4 is 11.6 Å². The van der Waals surface area contributed by atoms with E-state index in [0.717, 1.165) is 50.9 Å². The van der Waals surface area contributed by atoms with Gasteiger partial charge in [-0.3, -0.25) is 4.99 Å². The van der Waals surface area contributed by atoms with Crippen LogP contribution in [0.5, 0.6) is 0 Å². The molecule has 1 N–H and O–H groups in total. The number of aromatic nitrogens is 2. The monoisotopic (exact) mass is 330 g/mol. The number of rotatable bonds is 4. The predicted octanol–water partition coefficient (Wildman–Crippen LogP) is 1.42. The zero-order valence-electron chi connectivity index (χ0n) is 13.9. The summed E-state index contributed by atoms with van der Waals surface area (Å²) in [6.07, 6.45) is 5.54. The van der Waals surface area contributed by atoms with Crippen LogP contribution in [0.3, 0.4) is 0 Å². The van der Waals surface area contributed by atoms with Gasteiger partial charge in [0, 0.05) is 64.4 Å². The summed E-state index contributed by atoms with van der Waals surface area (Å²) < 4.78 is 15.1. The quantitative estimate of drug-likeness (QED) is 0.680. The standard InChI is InChI=1S/C17H23FN6/c1-19-17(21-7-9-22-8-6-20-14-22)24-12-10-23(11-13-24)16-4-2-15(18)3-5-16/h2-6,8,14H,7,9-13H2,1H3,(H,19,21). The number of benzene rings is 1. The van der Waals surface area contributed by atoms with E-state index in [2.05, 4.69) is 25.1 Å². The fraction of sp³-hybridized carbons (Fsp3) is 0.412. The molecule has 0 saturated carbocycles. The van der Waals surface area contributed by atoms with Gasteiger partial charge in [-0.25, -0.2) is 9.37 Å². The van der Waals surface area contributed by atoms with Gasteiger partial charge in [0.05, 0.1) is 6.33 Å². The molecule has 0 unspecified atom stereocenters. The van der Waals surface area contributed by atoms with Gasteiger partial charge in [-0.15, -0.1) is 0 Å². The molecular weight excluding hydrogens is 307 g/mol. The minimum Gasteiger partial charge on any atom is -0.368 e. The molecule has 1 fully saturated rings. The van der Waals surface area contributed by atoms with E-state index in [0.29, 0.717) is 0 Å². The highest BCUT2D eigenvalue weighted by atomic mass is 19.1. The molecule has 1 aromatic heterocycles. The minimum absolute atomic E-state index is 0.195. The first-order valence-electron chi connectivity index (χ1n) is 8.18. The molecule has 1 aliphatic heterocycles. The highest BCUT2D eigenvalue weighted by Gasteiger charge is 2.19. The Balaban J connectivity index is 1.48. The predicted molar refractivity (Wildman–Crippen MR) is 93.8 cm³/mol. The third kappa shape index (κ3) is 4.04. The van der Waals surface area contributed by atoms with Crippen LogP contribution in [0.1, 0.15) is 0 Å². The van der Waals surface area contributed by atoms with Crippen molar-refractivity contribution < 1.29 is 4.39 Å². The number of guanidine groups is 1. The smallest absolute Gasteiger partial charge is 0.193 e. The molecule has 0 radical (unpaired) electrons. The fourth-order valence-corrected chi connectivity index (χ4v) is 2.88. The van der Waals surface area contributed by atoms with Crippen molar-refractivity contribution in [2.45, 2.75) is 6.54 Å². The first kappa shape index (κ1) is 16.3. The van der Waals surface area contributed by atoms with Crippen molar-refractivity contribution in [2.75, 3.05) is 44.7 Å². The molecule has 1 aliphatic rings. The van der Waals surface area contributed by atoms with Crippen molar-refractivity contribution in [3.63, 3.8) is 0 Å². The molecule has 0 bridgehead atoms. The lowest BCUT2D eigenvalue weighted by Crippen LogP contribution is -2.52. The van der Waals surface area contributed by atoms with Gasteiger partial charge in [-0.05, 0) is 24.3 Å². The van der Waals surface area contributed by atoms with Gasteiger partial charge in [0.15, 0.2) is 5.96 Å². The summed E-state index contributed by atoms with van der Waals surface area (Å²) in [6, 6.07) is 6.70. The zero-order chi connectivity index (χ0) is 16.8. The number of anilines is 1. The Hall–Kier alpha value is -2.57. The van der Waals surface area contributed by atoms with Gasteiger partial charge < -0.3 is 19.7 Å². The van der Waals surface area contributed by atoms with Crippen LogP contribution in [0, 0.1) is 5.82 Å². The molecule has 128 valence electrons. The van der Waals surface area contributed by atoms with Crippen LogP contribution in [0.25, 0.3) is 0 Å². The number of halogens is 1. The maximum absolute atomic E-state index is 13.0. The maximum atomic E-state index is 13.0. The highest BCUT2D eigenvalue weighted by Crippen LogP contribution is 2.16. The lowest BCUT2D eigenvalue weighted by Gasteiger charge is -2.37. The summed E-state index contributed by atoms with van der Waals surface area (Å²) in [5.74, 6) is 0.730. The van der Waals surface area contributed by atoms with Gasteiger partial charge in [0.2, 0.25) is 0 Å². The molecule has 1 aromatic carbocycles. The van der Waals surface area contributed by atoms with Gasteiger partial charge >= 0.3 is 0 Å². The Morgan fingerprint density at radius 2 is 1.96 bits per heavy atom. The first-order valence-corrected chi connectivity index (χ1v) is 8.18. The van der Waals surface area contributed by atoms with Crippen molar-refractivity contribution in [3.8, 4) is 0 Å². The Morgan fingerprint density at radius 3 is 2.58 bits per heavy atom. The summed E-state index contributed by atoms with van der Waals surface area (Å²) in [4.78, 5) is 12.9. The Kier molecular flexibility index (Phi) is 5.30.